The lowest BCUT2D eigenvalue weighted by molar-refractivity contribution is -0.138. The molecular weight excluding hydrogens is 251 g/mol. The van der Waals surface area contributed by atoms with Gasteiger partial charge in [0.25, 0.3) is 0 Å². The molecule has 18 heavy (non-hydrogen) atoms. The maximum absolute atomic E-state index is 12.5. The van der Waals surface area contributed by atoms with Crippen LogP contribution in [-0.2, 0) is 6.18 Å². The number of rotatable bonds is 1. The zero-order chi connectivity index (χ0) is 13.5. The number of halogens is 3. The highest BCUT2D eigenvalue weighted by Gasteiger charge is 2.35. The number of anilines is 1. The largest absolute Gasteiger partial charge is 0.504 e. The predicted molar refractivity (Wildman–Crippen MR) is 56.8 cm³/mol. The minimum Gasteiger partial charge on any atom is -0.504 e. The van der Waals surface area contributed by atoms with E-state index >= 15 is 0 Å². The van der Waals surface area contributed by atoms with Gasteiger partial charge in [0.2, 0.25) is 0 Å². The predicted octanol–water partition coefficient (Wildman–Crippen LogP) is 2.09. The number of nitrogens with zero attached hydrogens (tertiary/aromatic N) is 1. The standard InChI is InChI=1S/C10H8F3N3O2/c11-10(12,13)6-2-1-4(7(17)8(6)18)5-3-15-16-9(5)14/h1-3,17-18H,(H3,14,15,16). The summed E-state index contributed by atoms with van der Waals surface area (Å²) in [5.41, 5.74) is 4.34. The van der Waals surface area contributed by atoms with Crippen LogP contribution in [-0.4, -0.2) is 20.4 Å². The molecule has 0 atom stereocenters. The van der Waals surface area contributed by atoms with Crippen molar-refractivity contribution in [1.29, 1.82) is 0 Å². The van der Waals surface area contributed by atoms with Crippen LogP contribution >= 0.6 is 0 Å². The Morgan fingerprint density at radius 1 is 1.11 bits per heavy atom. The van der Waals surface area contributed by atoms with Gasteiger partial charge in [0, 0.05) is 11.1 Å². The molecular formula is C10H8F3N3O2. The number of aromatic amines is 1. The molecule has 2 rings (SSSR count). The molecule has 2 aromatic rings. The van der Waals surface area contributed by atoms with Crippen molar-refractivity contribution in [2.45, 2.75) is 6.18 Å². The Bertz CT molecular complexity index is 593. The minimum atomic E-state index is -4.75. The number of hydrogen-bond acceptors (Lipinski definition) is 4. The van der Waals surface area contributed by atoms with Gasteiger partial charge in [0.15, 0.2) is 11.5 Å². The van der Waals surface area contributed by atoms with Crippen molar-refractivity contribution >= 4 is 5.82 Å². The lowest BCUT2D eigenvalue weighted by Crippen LogP contribution is -2.05. The maximum Gasteiger partial charge on any atom is 0.420 e. The van der Waals surface area contributed by atoms with Crippen molar-refractivity contribution < 1.29 is 23.4 Å². The Kier molecular flexibility index (Phi) is 2.57. The second-order valence-corrected chi connectivity index (χ2v) is 3.55. The first-order chi connectivity index (χ1) is 8.32. The molecule has 8 heteroatoms. The van der Waals surface area contributed by atoms with Gasteiger partial charge in [0.05, 0.1) is 6.20 Å². The average Bonchev–Trinajstić information content (AvgIpc) is 2.67. The second-order valence-electron chi connectivity index (χ2n) is 3.55. The number of nitrogen functional groups attached to an aromatic ring is 1. The molecule has 0 saturated heterocycles. The molecule has 1 aromatic heterocycles. The van der Waals surface area contributed by atoms with Gasteiger partial charge in [-0.25, -0.2) is 0 Å². The summed E-state index contributed by atoms with van der Waals surface area (Å²) in [6.07, 6.45) is -3.51. The van der Waals surface area contributed by atoms with Crippen molar-refractivity contribution in [2.24, 2.45) is 0 Å². The van der Waals surface area contributed by atoms with E-state index in [4.69, 9.17) is 5.73 Å². The Balaban J connectivity index is 2.62. The lowest BCUT2D eigenvalue weighted by Gasteiger charge is -2.12. The number of aromatic nitrogens is 2. The fraction of sp³-hybridized carbons (Fsp3) is 0.100. The average molecular weight is 259 g/mol. The van der Waals surface area contributed by atoms with E-state index in [2.05, 4.69) is 10.2 Å². The Morgan fingerprint density at radius 3 is 2.28 bits per heavy atom. The Morgan fingerprint density at radius 2 is 1.78 bits per heavy atom. The topological polar surface area (TPSA) is 95.2 Å². The molecule has 1 heterocycles. The summed E-state index contributed by atoms with van der Waals surface area (Å²) >= 11 is 0. The van der Waals surface area contributed by atoms with Crippen molar-refractivity contribution in [3.05, 3.63) is 23.9 Å². The van der Waals surface area contributed by atoms with Crippen LogP contribution < -0.4 is 5.73 Å². The summed E-state index contributed by atoms with van der Waals surface area (Å²) in [5, 5.41) is 24.9. The molecule has 1 aromatic carbocycles. The number of nitrogens with two attached hydrogens (primary N) is 1. The van der Waals surface area contributed by atoms with Gasteiger partial charge < -0.3 is 15.9 Å². The fourth-order valence-electron chi connectivity index (χ4n) is 1.54. The molecule has 0 fully saturated rings. The molecule has 5 nitrogen and oxygen atoms in total. The quantitative estimate of drug-likeness (QED) is 0.590. The number of H-pyrrole nitrogens is 1. The SMILES string of the molecule is Nc1[nH]ncc1-c1ccc(C(F)(F)F)c(O)c1O. The van der Waals surface area contributed by atoms with Gasteiger partial charge in [-0.1, -0.05) is 0 Å². The van der Waals surface area contributed by atoms with Crippen LogP contribution in [0.5, 0.6) is 11.5 Å². The van der Waals surface area contributed by atoms with E-state index in [1.807, 2.05) is 0 Å². The van der Waals surface area contributed by atoms with Crippen LogP contribution in [0.25, 0.3) is 11.1 Å². The summed E-state index contributed by atoms with van der Waals surface area (Å²) in [6.45, 7) is 0. The maximum atomic E-state index is 12.5. The highest BCUT2D eigenvalue weighted by molar-refractivity contribution is 5.80. The Hall–Kier alpha value is -2.38. The van der Waals surface area contributed by atoms with Crippen molar-refractivity contribution in [3.63, 3.8) is 0 Å². The van der Waals surface area contributed by atoms with E-state index in [0.717, 1.165) is 6.07 Å². The highest BCUT2D eigenvalue weighted by atomic mass is 19.4. The van der Waals surface area contributed by atoms with Crippen LogP contribution in [0.1, 0.15) is 5.56 Å². The molecule has 0 aliphatic carbocycles. The summed E-state index contributed by atoms with van der Waals surface area (Å²) in [5.74, 6) is -2.05. The van der Waals surface area contributed by atoms with Gasteiger partial charge in [-0.15, -0.1) is 0 Å². The zero-order valence-corrected chi connectivity index (χ0v) is 8.78. The van der Waals surface area contributed by atoms with E-state index in [1.165, 1.54) is 6.20 Å². The molecule has 0 amide bonds. The van der Waals surface area contributed by atoms with Crippen molar-refractivity contribution in [3.8, 4) is 22.6 Å². The third-order valence-corrected chi connectivity index (χ3v) is 2.42. The number of aromatic hydroxyl groups is 2. The minimum absolute atomic E-state index is 0.0354. The number of nitrogens with one attached hydrogen (secondary N) is 1. The molecule has 0 radical (unpaired) electrons. The molecule has 96 valence electrons. The first-order valence-electron chi connectivity index (χ1n) is 4.73. The first kappa shape index (κ1) is 12.1. The van der Waals surface area contributed by atoms with Crippen LogP contribution in [0.2, 0.25) is 0 Å². The number of benzene rings is 1. The molecule has 0 bridgehead atoms. The summed E-state index contributed by atoms with van der Waals surface area (Å²) in [6, 6.07) is 1.68. The van der Waals surface area contributed by atoms with E-state index in [9.17, 15) is 23.4 Å². The third-order valence-electron chi connectivity index (χ3n) is 2.42. The second kappa shape index (κ2) is 3.83. The number of phenols is 2. The van der Waals surface area contributed by atoms with Gasteiger partial charge in [-0.3, -0.25) is 5.10 Å². The van der Waals surface area contributed by atoms with E-state index in [0.29, 0.717) is 6.07 Å². The zero-order valence-electron chi connectivity index (χ0n) is 8.78. The van der Waals surface area contributed by atoms with Crippen molar-refractivity contribution in [1.82, 2.24) is 10.2 Å². The fourth-order valence-corrected chi connectivity index (χ4v) is 1.54. The highest BCUT2D eigenvalue weighted by Crippen LogP contribution is 2.45. The molecule has 0 aliphatic rings. The van der Waals surface area contributed by atoms with Gasteiger partial charge in [0.1, 0.15) is 11.4 Å². The Labute approximate surface area is 98.7 Å². The van der Waals surface area contributed by atoms with Crippen LogP contribution in [0.3, 0.4) is 0 Å². The molecule has 0 unspecified atom stereocenters. The summed E-state index contributed by atoms with van der Waals surface area (Å²) < 4.78 is 37.4. The summed E-state index contributed by atoms with van der Waals surface area (Å²) in [7, 11) is 0. The lowest BCUT2D eigenvalue weighted by atomic mass is 10.0. The third kappa shape index (κ3) is 1.81. The molecule has 0 spiro atoms. The number of phenolic OH excluding ortho intramolecular Hbond substituents is 2. The first-order valence-corrected chi connectivity index (χ1v) is 4.73. The van der Waals surface area contributed by atoms with Gasteiger partial charge >= 0.3 is 6.18 Å². The molecule has 0 aliphatic heterocycles. The smallest absolute Gasteiger partial charge is 0.420 e. The number of hydrogen-bond donors (Lipinski definition) is 4. The monoisotopic (exact) mass is 259 g/mol. The molecule has 0 saturated carbocycles. The van der Waals surface area contributed by atoms with Crippen molar-refractivity contribution in [2.75, 3.05) is 5.73 Å². The van der Waals surface area contributed by atoms with Crippen LogP contribution in [0.4, 0.5) is 19.0 Å². The summed E-state index contributed by atoms with van der Waals surface area (Å²) in [4.78, 5) is 0. The van der Waals surface area contributed by atoms with Gasteiger partial charge in [-0.2, -0.15) is 18.3 Å². The van der Waals surface area contributed by atoms with Crippen LogP contribution in [0, 0.1) is 0 Å². The normalized spacial score (nSPS) is 11.7. The van der Waals surface area contributed by atoms with E-state index in [1.54, 1.807) is 0 Å². The van der Waals surface area contributed by atoms with E-state index in [-0.39, 0.29) is 16.9 Å². The van der Waals surface area contributed by atoms with E-state index < -0.39 is 23.2 Å². The molecule has 5 N–H and O–H groups in total. The van der Waals surface area contributed by atoms with Crippen LogP contribution in [0.15, 0.2) is 18.3 Å². The van der Waals surface area contributed by atoms with Gasteiger partial charge in [-0.05, 0) is 12.1 Å². The number of alkyl halides is 3.